The largest absolute Gasteiger partial charge is 0.300 e. The van der Waals surface area contributed by atoms with Crippen molar-refractivity contribution < 1.29 is 8.42 Å². The summed E-state index contributed by atoms with van der Waals surface area (Å²) in [5, 5.41) is 0. The van der Waals surface area contributed by atoms with Gasteiger partial charge in [0.1, 0.15) is 0 Å². The molecule has 0 bridgehead atoms. The van der Waals surface area contributed by atoms with Gasteiger partial charge in [0.15, 0.2) is 0 Å². The number of benzene rings is 1. The van der Waals surface area contributed by atoms with Crippen molar-refractivity contribution in [3.05, 3.63) is 30.3 Å². The first-order valence-corrected chi connectivity index (χ1v) is 7.78. The molecule has 0 fully saturated rings. The molecular formula is C13H22N2O2S. The van der Waals surface area contributed by atoms with Gasteiger partial charge in [0.05, 0.1) is 4.90 Å². The van der Waals surface area contributed by atoms with Crippen molar-refractivity contribution in [2.45, 2.75) is 31.7 Å². The van der Waals surface area contributed by atoms with E-state index in [-0.39, 0.29) is 6.04 Å². The molecule has 1 aromatic rings. The normalized spacial score (nSPS) is 13.8. The molecule has 0 amide bonds. The number of sulfonamides is 1. The molecule has 1 rings (SSSR count). The van der Waals surface area contributed by atoms with Crippen molar-refractivity contribution >= 4 is 10.0 Å². The van der Waals surface area contributed by atoms with Crippen LogP contribution in [0.25, 0.3) is 0 Å². The highest BCUT2D eigenvalue weighted by Crippen LogP contribution is 2.07. The van der Waals surface area contributed by atoms with E-state index in [9.17, 15) is 8.42 Å². The number of likely N-dealkylation sites (N-methyl/N-ethyl adjacent to an activating group) is 1. The third kappa shape index (κ3) is 4.08. The quantitative estimate of drug-likeness (QED) is 0.820. The first kappa shape index (κ1) is 15.1. The second kappa shape index (κ2) is 6.87. The molecule has 1 aromatic carbocycles. The average molecular weight is 270 g/mol. The van der Waals surface area contributed by atoms with Gasteiger partial charge in [0, 0.05) is 12.6 Å². The van der Waals surface area contributed by atoms with Crippen LogP contribution in [0.4, 0.5) is 0 Å². The summed E-state index contributed by atoms with van der Waals surface area (Å²) in [5.74, 6) is 0. The van der Waals surface area contributed by atoms with Gasteiger partial charge in [0.25, 0.3) is 0 Å². The molecule has 0 aromatic heterocycles. The van der Waals surface area contributed by atoms with Crippen LogP contribution in [0.3, 0.4) is 0 Å². The predicted octanol–water partition coefficient (Wildman–Crippen LogP) is 1.70. The topological polar surface area (TPSA) is 49.4 Å². The smallest absolute Gasteiger partial charge is 0.240 e. The zero-order chi connectivity index (χ0) is 13.6. The van der Waals surface area contributed by atoms with E-state index in [0.29, 0.717) is 11.4 Å². The minimum atomic E-state index is -3.38. The van der Waals surface area contributed by atoms with E-state index in [4.69, 9.17) is 0 Å². The highest BCUT2D eigenvalue weighted by Gasteiger charge is 2.16. The molecule has 1 atom stereocenters. The summed E-state index contributed by atoms with van der Waals surface area (Å²) in [6.07, 6.45) is 0. The van der Waals surface area contributed by atoms with Crippen LogP contribution in [0, 0.1) is 0 Å². The molecule has 1 unspecified atom stereocenters. The molecule has 0 spiro atoms. The third-order valence-corrected chi connectivity index (χ3v) is 4.50. The lowest BCUT2D eigenvalue weighted by Gasteiger charge is -2.26. The van der Waals surface area contributed by atoms with E-state index in [1.807, 2.05) is 6.92 Å². The molecule has 1 N–H and O–H groups in total. The van der Waals surface area contributed by atoms with Crippen molar-refractivity contribution in [1.29, 1.82) is 0 Å². The maximum Gasteiger partial charge on any atom is 0.240 e. The Balaban J connectivity index is 2.63. The Hall–Kier alpha value is -0.910. The molecule has 0 radical (unpaired) electrons. The van der Waals surface area contributed by atoms with Crippen molar-refractivity contribution in [3.8, 4) is 0 Å². The van der Waals surface area contributed by atoms with Crippen molar-refractivity contribution in [2.24, 2.45) is 0 Å². The van der Waals surface area contributed by atoms with Crippen LogP contribution in [0.15, 0.2) is 35.2 Å². The summed E-state index contributed by atoms with van der Waals surface area (Å²) < 4.78 is 26.7. The van der Waals surface area contributed by atoms with Gasteiger partial charge in [-0.25, -0.2) is 13.1 Å². The average Bonchev–Trinajstić information content (AvgIpc) is 2.39. The standard InChI is InChI=1S/C13H22N2O2S/c1-4-15(5-2)12(3)11-14-18(16,17)13-9-7-6-8-10-13/h6-10,12,14H,4-5,11H2,1-3H3. The number of nitrogens with one attached hydrogen (secondary N) is 1. The molecule has 0 aliphatic heterocycles. The van der Waals surface area contributed by atoms with Crippen LogP contribution in [0.5, 0.6) is 0 Å². The van der Waals surface area contributed by atoms with Crippen LogP contribution in [0.2, 0.25) is 0 Å². The summed E-state index contributed by atoms with van der Waals surface area (Å²) >= 11 is 0. The van der Waals surface area contributed by atoms with Gasteiger partial charge in [-0.3, -0.25) is 4.90 Å². The van der Waals surface area contributed by atoms with Crippen LogP contribution in [-0.4, -0.2) is 39.0 Å². The fourth-order valence-corrected chi connectivity index (χ4v) is 3.03. The van der Waals surface area contributed by atoms with Gasteiger partial charge in [0.2, 0.25) is 10.0 Å². The fraction of sp³-hybridized carbons (Fsp3) is 0.538. The number of hydrogen-bond acceptors (Lipinski definition) is 3. The van der Waals surface area contributed by atoms with Gasteiger partial charge in [-0.2, -0.15) is 0 Å². The predicted molar refractivity (Wildman–Crippen MR) is 74.0 cm³/mol. The Morgan fingerprint density at radius 1 is 1.17 bits per heavy atom. The summed E-state index contributed by atoms with van der Waals surface area (Å²) in [5.41, 5.74) is 0. The van der Waals surface area contributed by atoms with E-state index in [2.05, 4.69) is 23.5 Å². The monoisotopic (exact) mass is 270 g/mol. The highest BCUT2D eigenvalue weighted by atomic mass is 32.2. The number of rotatable bonds is 7. The van der Waals surface area contributed by atoms with Crippen molar-refractivity contribution in [2.75, 3.05) is 19.6 Å². The second-order valence-electron chi connectivity index (χ2n) is 4.24. The Kier molecular flexibility index (Phi) is 5.78. The molecule has 102 valence electrons. The van der Waals surface area contributed by atoms with E-state index < -0.39 is 10.0 Å². The highest BCUT2D eigenvalue weighted by molar-refractivity contribution is 7.89. The molecule has 18 heavy (non-hydrogen) atoms. The molecule has 5 heteroatoms. The Bertz CT molecular complexity index is 441. The fourth-order valence-electron chi connectivity index (χ4n) is 1.89. The van der Waals surface area contributed by atoms with Gasteiger partial charge < -0.3 is 0 Å². The minimum absolute atomic E-state index is 0.193. The Morgan fingerprint density at radius 2 is 1.72 bits per heavy atom. The molecule has 4 nitrogen and oxygen atoms in total. The van der Waals surface area contributed by atoms with Gasteiger partial charge >= 0.3 is 0 Å². The van der Waals surface area contributed by atoms with Gasteiger partial charge in [-0.1, -0.05) is 32.0 Å². The minimum Gasteiger partial charge on any atom is -0.300 e. The summed E-state index contributed by atoms with van der Waals surface area (Å²) in [7, 11) is -3.38. The summed E-state index contributed by atoms with van der Waals surface area (Å²) in [6, 6.07) is 8.65. The Morgan fingerprint density at radius 3 is 2.22 bits per heavy atom. The van der Waals surface area contributed by atoms with Crippen LogP contribution in [-0.2, 0) is 10.0 Å². The number of hydrogen-bond donors (Lipinski definition) is 1. The molecule has 0 aliphatic carbocycles. The van der Waals surface area contributed by atoms with Crippen LogP contribution < -0.4 is 4.72 Å². The van der Waals surface area contributed by atoms with Gasteiger partial charge in [-0.05, 0) is 32.1 Å². The third-order valence-electron chi connectivity index (χ3n) is 3.06. The molecule has 0 saturated carbocycles. The van der Waals surface area contributed by atoms with Crippen molar-refractivity contribution in [1.82, 2.24) is 9.62 Å². The van der Waals surface area contributed by atoms with Crippen LogP contribution in [0.1, 0.15) is 20.8 Å². The number of nitrogens with zero attached hydrogens (tertiary/aromatic N) is 1. The van der Waals surface area contributed by atoms with E-state index in [0.717, 1.165) is 13.1 Å². The first-order chi connectivity index (χ1) is 8.51. The SMILES string of the molecule is CCN(CC)C(C)CNS(=O)(=O)c1ccccc1. The molecular weight excluding hydrogens is 248 g/mol. The summed E-state index contributed by atoms with van der Waals surface area (Å²) in [4.78, 5) is 2.53. The zero-order valence-corrected chi connectivity index (χ0v) is 12.1. The van der Waals surface area contributed by atoms with Crippen LogP contribution >= 0.6 is 0 Å². The lowest BCUT2D eigenvalue weighted by molar-refractivity contribution is 0.232. The van der Waals surface area contributed by atoms with E-state index in [1.54, 1.807) is 30.3 Å². The second-order valence-corrected chi connectivity index (χ2v) is 6.00. The van der Waals surface area contributed by atoms with Gasteiger partial charge in [-0.15, -0.1) is 0 Å². The lowest BCUT2D eigenvalue weighted by atomic mass is 10.3. The molecule has 0 aliphatic rings. The maximum atomic E-state index is 12.0. The molecule has 0 saturated heterocycles. The summed E-state index contributed by atoms with van der Waals surface area (Å²) in [6.45, 7) is 8.45. The first-order valence-electron chi connectivity index (χ1n) is 6.30. The lowest BCUT2D eigenvalue weighted by Crippen LogP contribution is -2.41. The Labute approximate surface area is 110 Å². The van der Waals surface area contributed by atoms with E-state index in [1.165, 1.54) is 0 Å². The van der Waals surface area contributed by atoms with Crippen molar-refractivity contribution in [3.63, 3.8) is 0 Å². The zero-order valence-electron chi connectivity index (χ0n) is 11.3. The molecule has 0 heterocycles. The maximum absolute atomic E-state index is 12.0. The van der Waals surface area contributed by atoms with E-state index >= 15 is 0 Å².